The predicted octanol–water partition coefficient (Wildman–Crippen LogP) is 1.81. The van der Waals surface area contributed by atoms with Crippen molar-refractivity contribution in [1.29, 1.82) is 0 Å². The van der Waals surface area contributed by atoms with Gasteiger partial charge in [-0.15, -0.1) is 0 Å². The number of morpholine rings is 1. The fourth-order valence-corrected chi connectivity index (χ4v) is 4.29. The maximum atomic E-state index is 12.5. The average Bonchev–Trinajstić information content (AvgIpc) is 2.62. The summed E-state index contributed by atoms with van der Waals surface area (Å²) >= 11 is 0. The number of carbonyl (C=O) groups is 1. The van der Waals surface area contributed by atoms with Crippen molar-refractivity contribution in [3.63, 3.8) is 0 Å². The second-order valence-electron chi connectivity index (χ2n) is 7.58. The third-order valence-corrected chi connectivity index (χ3v) is 5.75. The number of nitrogens with one attached hydrogen (secondary N) is 1. The molecule has 23 heavy (non-hydrogen) atoms. The molecule has 3 aliphatic rings. The molecule has 0 aromatic rings. The molecule has 0 bridgehead atoms. The highest BCUT2D eigenvalue weighted by molar-refractivity contribution is 5.78. The first-order valence-corrected chi connectivity index (χ1v) is 9.43. The molecule has 5 nitrogen and oxygen atoms in total. The van der Waals surface area contributed by atoms with E-state index < -0.39 is 0 Å². The van der Waals surface area contributed by atoms with Crippen molar-refractivity contribution >= 4 is 5.91 Å². The Bertz CT molecular complexity index is 370. The van der Waals surface area contributed by atoms with Crippen LogP contribution in [0.2, 0.25) is 0 Å². The number of nitrogens with zero attached hydrogens (tertiary/aromatic N) is 1. The number of amides is 1. The highest BCUT2D eigenvalue weighted by atomic mass is 16.5. The van der Waals surface area contributed by atoms with Crippen LogP contribution in [0.15, 0.2) is 0 Å². The molecule has 1 amide bonds. The lowest BCUT2D eigenvalue weighted by Crippen LogP contribution is -2.50. The second kappa shape index (κ2) is 8.45. The molecule has 2 saturated heterocycles. The number of carbonyl (C=O) groups excluding carboxylic acids is 1. The zero-order valence-electron chi connectivity index (χ0n) is 14.4. The second-order valence-corrected chi connectivity index (χ2v) is 7.58. The van der Waals surface area contributed by atoms with Gasteiger partial charge in [-0.25, -0.2) is 0 Å². The molecule has 2 aliphatic heterocycles. The van der Waals surface area contributed by atoms with Crippen LogP contribution in [-0.4, -0.2) is 63.4 Å². The quantitative estimate of drug-likeness (QED) is 0.838. The van der Waals surface area contributed by atoms with Crippen LogP contribution in [0, 0.1) is 11.3 Å². The zero-order valence-corrected chi connectivity index (χ0v) is 14.4. The molecule has 0 aromatic carbocycles. The Morgan fingerprint density at radius 1 is 1.04 bits per heavy atom. The van der Waals surface area contributed by atoms with Gasteiger partial charge in [0.1, 0.15) is 0 Å². The summed E-state index contributed by atoms with van der Waals surface area (Å²) in [4.78, 5) is 15.0. The van der Waals surface area contributed by atoms with E-state index in [0.717, 1.165) is 58.8 Å². The van der Waals surface area contributed by atoms with E-state index in [1.54, 1.807) is 0 Å². The Labute approximate surface area is 140 Å². The van der Waals surface area contributed by atoms with E-state index in [1.165, 1.54) is 32.1 Å². The number of hydrogen-bond acceptors (Lipinski definition) is 4. The summed E-state index contributed by atoms with van der Waals surface area (Å²) in [5.74, 6) is 0.268. The first-order chi connectivity index (χ1) is 11.3. The first-order valence-electron chi connectivity index (χ1n) is 9.43. The Balaban J connectivity index is 1.53. The van der Waals surface area contributed by atoms with Crippen molar-refractivity contribution < 1.29 is 14.3 Å². The Morgan fingerprint density at radius 2 is 1.83 bits per heavy atom. The van der Waals surface area contributed by atoms with E-state index in [1.807, 2.05) is 0 Å². The lowest BCUT2D eigenvalue weighted by molar-refractivity contribution is -0.129. The van der Waals surface area contributed by atoms with Gasteiger partial charge < -0.3 is 14.8 Å². The summed E-state index contributed by atoms with van der Waals surface area (Å²) in [6.45, 7) is 7.12. The lowest BCUT2D eigenvalue weighted by atomic mass is 9.73. The van der Waals surface area contributed by atoms with Crippen LogP contribution in [0.25, 0.3) is 0 Å². The Kier molecular flexibility index (Phi) is 6.31. The highest BCUT2D eigenvalue weighted by Gasteiger charge is 2.35. The molecule has 0 unspecified atom stereocenters. The highest BCUT2D eigenvalue weighted by Crippen LogP contribution is 2.37. The Morgan fingerprint density at radius 3 is 2.52 bits per heavy atom. The summed E-state index contributed by atoms with van der Waals surface area (Å²) in [7, 11) is 0. The maximum absolute atomic E-state index is 12.5. The third kappa shape index (κ3) is 4.91. The summed E-state index contributed by atoms with van der Waals surface area (Å²) in [6, 6.07) is 0. The van der Waals surface area contributed by atoms with Gasteiger partial charge >= 0.3 is 0 Å². The molecule has 1 atom stereocenters. The molecule has 0 spiro atoms. The third-order valence-electron chi connectivity index (χ3n) is 5.75. The molecule has 1 N–H and O–H groups in total. The SMILES string of the molecule is O=C(NCC1(CN2CCOCC2)CCCCC1)[C@@H]1CCCOC1. The molecule has 1 saturated carbocycles. The molecular formula is C18H32N2O3. The zero-order chi connectivity index (χ0) is 16.0. The minimum absolute atomic E-state index is 0.0628. The smallest absolute Gasteiger partial charge is 0.225 e. The monoisotopic (exact) mass is 324 g/mol. The van der Waals surface area contributed by atoms with Gasteiger partial charge in [0.15, 0.2) is 0 Å². The largest absolute Gasteiger partial charge is 0.381 e. The molecule has 0 radical (unpaired) electrons. The fourth-order valence-electron chi connectivity index (χ4n) is 4.29. The molecule has 1 aliphatic carbocycles. The standard InChI is InChI=1S/C18H32N2O3/c21-17(16-5-4-10-23-13-16)19-14-18(6-2-1-3-7-18)15-20-8-11-22-12-9-20/h16H,1-15H2,(H,19,21)/t16-/m1/s1. The van der Waals surface area contributed by atoms with Gasteiger partial charge in [-0.05, 0) is 25.7 Å². The molecule has 5 heteroatoms. The van der Waals surface area contributed by atoms with Crippen molar-refractivity contribution in [3.05, 3.63) is 0 Å². The van der Waals surface area contributed by atoms with E-state index in [4.69, 9.17) is 9.47 Å². The minimum atomic E-state index is 0.0628. The van der Waals surface area contributed by atoms with Gasteiger partial charge in [-0.2, -0.15) is 0 Å². The van der Waals surface area contributed by atoms with Crippen LogP contribution < -0.4 is 5.32 Å². The fraction of sp³-hybridized carbons (Fsp3) is 0.944. The van der Waals surface area contributed by atoms with Crippen molar-refractivity contribution in [3.8, 4) is 0 Å². The van der Waals surface area contributed by atoms with Crippen molar-refractivity contribution in [2.45, 2.75) is 44.9 Å². The van der Waals surface area contributed by atoms with E-state index in [0.29, 0.717) is 6.61 Å². The maximum Gasteiger partial charge on any atom is 0.225 e. The van der Waals surface area contributed by atoms with Gasteiger partial charge in [0.05, 0.1) is 25.7 Å². The van der Waals surface area contributed by atoms with Gasteiger partial charge in [-0.1, -0.05) is 19.3 Å². The van der Waals surface area contributed by atoms with Crippen molar-refractivity contribution in [2.75, 3.05) is 52.6 Å². The molecule has 3 fully saturated rings. The minimum Gasteiger partial charge on any atom is -0.381 e. The van der Waals surface area contributed by atoms with Gasteiger partial charge in [0.25, 0.3) is 0 Å². The number of rotatable bonds is 5. The van der Waals surface area contributed by atoms with Crippen LogP contribution in [0.5, 0.6) is 0 Å². The lowest BCUT2D eigenvalue weighted by Gasteiger charge is -2.42. The van der Waals surface area contributed by atoms with Gasteiger partial charge in [0.2, 0.25) is 5.91 Å². The topological polar surface area (TPSA) is 50.8 Å². The molecule has 132 valence electrons. The number of ether oxygens (including phenoxy) is 2. The molecule has 0 aromatic heterocycles. The molecule has 2 heterocycles. The number of hydrogen-bond donors (Lipinski definition) is 1. The van der Waals surface area contributed by atoms with E-state index in [9.17, 15) is 4.79 Å². The summed E-state index contributed by atoms with van der Waals surface area (Å²) in [5.41, 5.74) is 0.265. The van der Waals surface area contributed by atoms with Crippen LogP contribution in [0.4, 0.5) is 0 Å². The van der Waals surface area contributed by atoms with Crippen LogP contribution in [0.3, 0.4) is 0 Å². The molecular weight excluding hydrogens is 292 g/mol. The molecule has 3 rings (SSSR count). The van der Waals surface area contributed by atoms with E-state index >= 15 is 0 Å². The summed E-state index contributed by atoms with van der Waals surface area (Å²) in [6.07, 6.45) is 8.41. The van der Waals surface area contributed by atoms with Crippen LogP contribution >= 0.6 is 0 Å². The average molecular weight is 324 g/mol. The summed E-state index contributed by atoms with van der Waals surface area (Å²) in [5, 5.41) is 3.28. The van der Waals surface area contributed by atoms with E-state index in [2.05, 4.69) is 10.2 Å². The summed E-state index contributed by atoms with van der Waals surface area (Å²) < 4.78 is 10.9. The van der Waals surface area contributed by atoms with Crippen LogP contribution in [0.1, 0.15) is 44.9 Å². The normalized spacial score (nSPS) is 29.1. The van der Waals surface area contributed by atoms with Crippen molar-refractivity contribution in [2.24, 2.45) is 11.3 Å². The Hall–Kier alpha value is -0.650. The van der Waals surface area contributed by atoms with Gasteiger partial charge in [-0.3, -0.25) is 9.69 Å². The van der Waals surface area contributed by atoms with E-state index in [-0.39, 0.29) is 17.2 Å². The predicted molar refractivity (Wildman–Crippen MR) is 89.3 cm³/mol. The van der Waals surface area contributed by atoms with Gasteiger partial charge in [0, 0.05) is 38.2 Å². The van der Waals surface area contributed by atoms with Crippen LogP contribution in [-0.2, 0) is 14.3 Å². The van der Waals surface area contributed by atoms with Crippen molar-refractivity contribution in [1.82, 2.24) is 10.2 Å². The first kappa shape index (κ1) is 17.2.